The van der Waals surface area contributed by atoms with Gasteiger partial charge in [-0.05, 0) is 51.3 Å². The van der Waals surface area contributed by atoms with E-state index in [2.05, 4.69) is 5.32 Å². The number of methoxy groups -OCH3 is 1. The molecule has 8 heteroatoms. The van der Waals surface area contributed by atoms with Crippen LogP contribution in [0.4, 0.5) is 0 Å². The first-order valence-electron chi connectivity index (χ1n) is 11.2. The Labute approximate surface area is 202 Å². The number of carbonyl (C=O) groups excluding carboxylic acids is 4. The third-order valence-corrected chi connectivity index (χ3v) is 6.86. The van der Waals surface area contributed by atoms with Crippen molar-refractivity contribution in [3.63, 3.8) is 0 Å². The Morgan fingerprint density at radius 2 is 1.77 bits per heavy atom. The van der Waals surface area contributed by atoms with Gasteiger partial charge < -0.3 is 19.9 Å². The fraction of sp³-hybridized carbons (Fsp3) is 0.333. The molecule has 1 aliphatic heterocycles. The van der Waals surface area contributed by atoms with E-state index in [9.17, 15) is 24.3 Å². The van der Waals surface area contributed by atoms with Crippen LogP contribution in [0, 0.1) is 26.7 Å². The van der Waals surface area contributed by atoms with Crippen LogP contribution >= 0.6 is 0 Å². The molecule has 0 saturated heterocycles. The number of Topliss-reactive ketones (excluding diaryl/α,β-unsaturated/α-hetero) is 2. The second-order valence-electron chi connectivity index (χ2n) is 9.28. The first-order valence-corrected chi connectivity index (χ1v) is 11.2. The van der Waals surface area contributed by atoms with Crippen molar-refractivity contribution in [2.45, 2.75) is 46.6 Å². The van der Waals surface area contributed by atoms with Gasteiger partial charge in [-0.1, -0.05) is 17.7 Å². The molecule has 0 bridgehead atoms. The number of benzene rings is 2. The lowest BCUT2D eigenvalue weighted by Crippen LogP contribution is -2.47. The molecular formula is C27H27NO7. The van der Waals surface area contributed by atoms with Crippen LogP contribution in [0.25, 0.3) is 0 Å². The molecule has 182 valence electrons. The Bertz CT molecular complexity index is 1330. The molecule has 4 rings (SSSR count). The van der Waals surface area contributed by atoms with Gasteiger partial charge in [0.1, 0.15) is 39.9 Å². The number of rotatable bonds is 5. The van der Waals surface area contributed by atoms with Crippen LogP contribution in [0.3, 0.4) is 0 Å². The maximum atomic E-state index is 13.4. The molecule has 2 aromatic carbocycles. The molecule has 2 N–H and O–H groups in total. The third kappa shape index (κ3) is 3.60. The van der Waals surface area contributed by atoms with E-state index < -0.39 is 34.6 Å². The summed E-state index contributed by atoms with van der Waals surface area (Å²) in [5, 5.41) is 13.7. The molecule has 1 heterocycles. The second-order valence-corrected chi connectivity index (χ2v) is 9.28. The van der Waals surface area contributed by atoms with E-state index in [4.69, 9.17) is 9.47 Å². The summed E-state index contributed by atoms with van der Waals surface area (Å²) in [6.45, 7) is 8.82. The third-order valence-electron chi connectivity index (χ3n) is 6.86. The van der Waals surface area contributed by atoms with Crippen molar-refractivity contribution in [3.8, 4) is 17.2 Å². The molecular weight excluding hydrogens is 450 g/mol. The number of hydrogen-bond donors (Lipinski definition) is 2. The highest BCUT2D eigenvalue weighted by atomic mass is 16.5. The van der Waals surface area contributed by atoms with Crippen LogP contribution in [0.2, 0.25) is 0 Å². The van der Waals surface area contributed by atoms with E-state index in [1.807, 2.05) is 32.9 Å². The number of ketones is 3. The van der Waals surface area contributed by atoms with Crippen LogP contribution in [0.15, 0.2) is 30.0 Å². The Morgan fingerprint density at radius 1 is 1.14 bits per heavy atom. The first-order chi connectivity index (χ1) is 16.4. The minimum absolute atomic E-state index is 0.0149. The van der Waals surface area contributed by atoms with Crippen molar-refractivity contribution in [1.82, 2.24) is 5.32 Å². The Kier molecular flexibility index (Phi) is 5.79. The van der Waals surface area contributed by atoms with Gasteiger partial charge in [-0.2, -0.15) is 0 Å². The standard InChI is InChI=1S/C27H27NO7/c1-12-7-13(2)16(14(3)8-12)11-28-26(33)22-19(34-6)9-18(31)23-24(22)35-20-10-17(30)21(15(4)29)25(32)27(20,23)5/h7-10,21,31H,11H2,1-6H3,(H,28,33)/t21?,27-/m1/s1. The first kappa shape index (κ1) is 24.2. The predicted octanol–water partition coefficient (Wildman–Crippen LogP) is 3.15. The number of phenols is 1. The van der Waals surface area contributed by atoms with Crippen LogP contribution in [0.1, 0.15) is 52.0 Å². The van der Waals surface area contributed by atoms with E-state index in [1.54, 1.807) is 0 Å². The zero-order valence-corrected chi connectivity index (χ0v) is 20.5. The number of carbonyl (C=O) groups is 4. The van der Waals surface area contributed by atoms with Crippen molar-refractivity contribution in [3.05, 3.63) is 63.4 Å². The fourth-order valence-electron chi connectivity index (χ4n) is 5.10. The van der Waals surface area contributed by atoms with E-state index in [-0.39, 0.29) is 40.7 Å². The second kappa shape index (κ2) is 8.37. The Balaban J connectivity index is 1.80. The predicted molar refractivity (Wildman–Crippen MR) is 127 cm³/mol. The number of phenolic OH excluding ortho intramolecular Hbond substituents is 1. The Morgan fingerprint density at radius 3 is 2.34 bits per heavy atom. The molecule has 1 amide bonds. The smallest absolute Gasteiger partial charge is 0.259 e. The fourth-order valence-corrected chi connectivity index (χ4v) is 5.10. The van der Waals surface area contributed by atoms with E-state index in [1.165, 1.54) is 27.0 Å². The highest BCUT2D eigenvalue weighted by Crippen LogP contribution is 2.56. The van der Waals surface area contributed by atoms with E-state index >= 15 is 0 Å². The van der Waals surface area contributed by atoms with Crippen molar-refractivity contribution in [2.24, 2.45) is 5.92 Å². The lowest BCUT2D eigenvalue weighted by Gasteiger charge is -2.30. The average Bonchev–Trinajstić information content (AvgIpc) is 3.06. The lowest BCUT2D eigenvalue weighted by molar-refractivity contribution is -0.140. The average molecular weight is 478 g/mol. The molecule has 0 aromatic heterocycles. The summed E-state index contributed by atoms with van der Waals surface area (Å²) in [7, 11) is 1.34. The number of aromatic hydroxyl groups is 1. The summed E-state index contributed by atoms with van der Waals surface area (Å²) < 4.78 is 11.2. The van der Waals surface area contributed by atoms with E-state index in [0.717, 1.165) is 28.3 Å². The molecule has 35 heavy (non-hydrogen) atoms. The number of nitrogens with one attached hydrogen (secondary N) is 1. The van der Waals surface area contributed by atoms with Gasteiger partial charge in [0.2, 0.25) is 0 Å². The molecule has 2 aromatic rings. The number of fused-ring (bicyclic) bond motifs is 3. The van der Waals surface area contributed by atoms with E-state index in [0.29, 0.717) is 0 Å². The molecule has 1 unspecified atom stereocenters. The van der Waals surface area contributed by atoms with Gasteiger partial charge in [-0.15, -0.1) is 0 Å². The summed E-state index contributed by atoms with van der Waals surface area (Å²) in [6.07, 6.45) is 1.10. The van der Waals surface area contributed by atoms with Gasteiger partial charge in [0, 0.05) is 18.7 Å². The number of hydrogen-bond acceptors (Lipinski definition) is 7. The molecule has 0 fully saturated rings. The monoisotopic (exact) mass is 477 g/mol. The van der Waals surface area contributed by atoms with Crippen molar-refractivity contribution < 1.29 is 33.8 Å². The van der Waals surface area contributed by atoms with Crippen LogP contribution in [-0.4, -0.2) is 35.5 Å². The molecule has 0 spiro atoms. The SMILES string of the molecule is COc1cc(O)c2c(c1C(=O)NCc1c(C)cc(C)cc1C)OC1=CC(=O)C(C(C)=O)C(=O)[C@]12C. The summed E-state index contributed by atoms with van der Waals surface area (Å²) in [5.41, 5.74) is 2.56. The topological polar surface area (TPSA) is 119 Å². The molecule has 0 saturated carbocycles. The molecule has 1 aliphatic carbocycles. The maximum absolute atomic E-state index is 13.4. The zero-order chi connectivity index (χ0) is 25.8. The van der Waals surface area contributed by atoms with Gasteiger partial charge in [-0.3, -0.25) is 19.2 Å². The summed E-state index contributed by atoms with van der Waals surface area (Å²) >= 11 is 0. The summed E-state index contributed by atoms with van der Waals surface area (Å²) in [5.74, 6) is -4.44. The van der Waals surface area contributed by atoms with Crippen LogP contribution in [0.5, 0.6) is 17.2 Å². The molecule has 2 aliphatic rings. The minimum atomic E-state index is -1.60. The van der Waals surface area contributed by atoms with Gasteiger partial charge in [0.25, 0.3) is 5.91 Å². The number of ether oxygens (including phenoxy) is 2. The number of aryl methyl sites for hydroxylation is 3. The molecule has 0 radical (unpaired) electrons. The van der Waals surface area contributed by atoms with Crippen molar-refractivity contribution in [2.75, 3.05) is 7.11 Å². The highest BCUT2D eigenvalue weighted by molar-refractivity contribution is 6.27. The van der Waals surface area contributed by atoms with Gasteiger partial charge in [0.15, 0.2) is 17.3 Å². The van der Waals surface area contributed by atoms with Crippen LogP contribution < -0.4 is 14.8 Å². The van der Waals surface area contributed by atoms with Gasteiger partial charge in [-0.25, -0.2) is 0 Å². The largest absolute Gasteiger partial charge is 0.507 e. The zero-order valence-electron chi connectivity index (χ0n) is 20.5. The minimum Gasteiger partial charge on any atom is -0.507 e. The maximum Gasteiger partial charge on any atom is 0.259 e. The molecule has 8 nitrogen and oxygen atoms in total. The van der Waals surface area contributed by atoms with Crippen molar-refractivity contribution in [1.29, 1.82) is 0 Å². The quantitative estimate of drug-likeness (QED) is 0.635. The number of allylic oxidation sites excluding steroid dienone is 2. The lowest BCUT2D eigenvalue weighted by atomic mass is 9.67. The normalized spacial score (nSPS) is 20.5. The van der Waals surface area contributed by atoms with Gasteiger partial charge in [0.05, 0.1) is 12.7 Å². The summed E-state index contributed by atoms with van der Waals surface area (Å²) in [6, 6.07) is 5.30. The highest BCUT2D eigenvalue weighted by Gasteiger charge is 2.58. The number of amides is 1. The van der Waals surface area contributed by atoms with Crippen molar-refractivity contribution >= 4 is 23.3 Å². The van der Waals surface area contributed by atoms with Gasteiger partial charge >= 0.3 is 0 Å². The van der Waals surface area contributed by atoms with Crippen LogP contribution in [-0.2, 0) is 26.3 Å². The molecule has 2 atom stereocenters. The Hall–Kier alpha value is -3.94. The summed E-state index contributed by atoms with van der Waals surface area (Å²) in [4.78, 5) is 51.3.